The van der Waals surface area contributed by atoms with Crippen molar-refractivity contribution in [3.8, 4) is 5.75 Å². The Labute approximate surface area is 171 Å². The number of nitrogens with two attached hydrogens (primary N) is 1. The van der Waals surface area contributed by atoms with Crippen molar-refractivity contribution in [3.63, 3.8) is 0 Å². The van der Waals surface area contributed by atoms with Gasteiger partial charge in [0.25, 0.3) is 0 Å². The second-order valence-corrected chi connectivity index (χ2v) is 8.34. The van der Waals surface area contributed by atoms with E-state index in [2.05, 4.69) is 33.9 Å². The summed E-state index contributed by atoms with van der Waals surface area (Å²) in [6, 6.07) is 2.47. The first-order valence-electron chi connectivity index (χ1n) is 10.7. The van der Waals surface area contributed by atoms with Crippen LogP contribution in [0.3, 0.4) is 0 Å². The van der Waals surface area contributed by atoms with Crippen LogP contribution in [0.25, 0.3) is 0 Å². The molecule has 0 atom stereocenters. The highest BCUT2D eigenvalue weighted by Crippen LogP contribution is 2.30. The predicted molar refractivity (Wildman–Crippen MR) is 110 cm³/mol. The summed E-state index contributed by atoms with van der Waals surface area (Å²) in [5.74, 6) is 1.78. The van der Waals surface area contributed by atoms with E-state index in [1.54, 1.807) is 12.4 Å². The first kappa shape index (κ1) is 19.9. The molecule has 3 heterocycles. The van der Waals surface area contributed by atoms with Gasteiger partial charge in [-0.05, 0) is 38.5 Å². The van der Waals surface area contributed by atoms with Gasteiger partial charge in [0, 0.05) is 31.3 Å². The van der Waals surface area contributed by atoms with Crippen LogP contribution in [0.15, 0.2) is 23.0 Å². The van der Waals surface area contributed by atoms with Crippen LogP contribution in [0.4, 0.5) is 11.7 Å². The molecule has 2 aliphatic rings. The Hall–Kier alpha value is -2.35. The molecule has 8 nitrogen and oxygen atoms in total. The van der Waals surface area contributed by atoms with Gasteiger partial charge in [-0.15, -0.1) is 0 Å². The quantitative estimate of drug-likeness (QED) is 0.784. The molecule has 8 heteroatoms. The fourth-order valence-electron chi connectivity index (χ4n) is 4.01. The number of pyridine rings is 1. The molecule has 2 N–H and O–H groups in total. The number of piperidine rings is 1. The van der Waals surface area contributed by atoms with E-state index in [4.69, 9.17) is 19.7 Å². The molecular formula is C21H31N5O3. The molecule has 2 aromatic heterocycles. The minimum atomic E-state index is 0.203. The molecule has 0 amide bonds. The van der Waals surface area contributed by atoms with Gasteiger partial charge in [-0.3, -0.25) is 4.98 Å². The van der Waals surface area contributed by atoms with Gasteiger partial charge in [0.05, 0.1) is 30.2 Å². The molecule has 29 heavy (non-hydrogen) atoms. The first-order valence-corrected chi connectivity index (χ1v) is 10.7. The zero-order valence-electron chi connectivity index (χ0n) is 17.3. The number of nitrogens with zero attached hydrogens (tertiary/aromatic N) is 4. The van der Waals surface area contributed by atoms with Gasteiger partial charge in [-0.1, -0.05) is 19.0 Å². The van der Waals surface area contributed by atoms with Gasteiger partial charge in [0.1, 0.15) is 5.75 Å². The van der Waals surface area contributed by atoms with Crippen LogP contribution in [-0.2, 0) is 4.74 Å². The summed E-state index contributed by atoms with van der Waals surface area (Å²) in [5.41, 5.74) is 6.52. The van der Waals surface area contributed by atoms with Crippen molar-refractivity contribution in [1.29, 1.82) is 0 Å². The molecule has 1 aliphatic heterocycles. The van der Waals surface area contributed by atoms with E-state index in [0.29, 0.717) is 23.9 Å². The van der Waals surface area contributed by atoms with Gasteiger partial charge in [0.15, 0.2) is 5.82 Å². The van der Waals surface area contributed by atoms with Crippen molar-refractivity contribution in [2.24, 2.45) is 0 Å². The lowest BCUT2D eigenvalue weighted by molar-refractivity contribution is -0.0529. The molecule has 0 unspecified atom stereocenters. The molecule has 4 rings (SSSR count). The summed E-state index contributed by atoms with van der Waals surface area (Å²) in [7, 11) is 0. The molecule has 1 saturated heterocycles. The van der Waals surface area contributed by atoms with E-state index in [0.717, 1.165) is 63.2 Å². The van der Waals surface area contributed by atoms with Crippen LogP contribution < -0.4 is 15.4 Å². The number of aromatic nitrogens is 3. The second kappa shape index (κ2) is 8.98. The van der Waals surface area contributed by atoms with Crippen molar-refractivity contribution in [1.82, 2.24) is 15.1 Å². The molecule has 0 bridgehead atoms. The van der Waals surface area contributed by atoms with Crippen LogP contribution in [0.2, 0.25) is 0 Å². The zero-order valence-corrected chi connectivity index (χ0v) is 17.3. The van der Waals surface area contributed by atoms with E-state index in [1.165, 1.54) is 0 Å². The summed E-state index contributed by atoms with van der Waals surface area (Å²) in [6.07, 6.45) is 10.2. The lowest BCUT2D eigenvalue weighted by Gasteiger charge is -2.35. The van der Waals surface area contributed by atoms with Crippen molar-refractivity contribution in [2.45, 2.75) is 76.6 Å². The van der Waals surface area contributed by atoms with Crippen molar-refractivity contribution in [2.75, 3.05) is 23.7 Å². The molecule has 0 radical (unpaired) electrons. The second-order valence-electron chi connectivity index (χ2n) is 8.34. The minimum Gasteiger partial charge on any atom is -0.488 e. The Morgan fingerprint density at radius 3 is 2.41 bits per heavy atom. The van der Waals surface area contributed by atoms with Crippen LogP contribution >= 0.6 is 0 Å². The van der Waals surface area contributed by atoms with Crippen LogP contribution in [0.1, 0.15) is 64.1 Å². The summed E-state index contributed by atoms with van der Waals surface area (Å²) in [6.45, 7) is 5.93. The molecule has 2 fully saturated rings. The highest BCUT2D eigenvalue weighted by atomic mass is 16.5. The third-order valence-corrected chi connectivity index (χ3v) is 5.77. The fraction of sp³-hybridized carbons (Fsp3) is 0.667. The number of anilines is 2. The lowest BCUT2D eigenvalue weighted by atomic mass is 9.94. The van der Waals surface area contributed by atoms with E-state index in [-0.39, 0.29) is 12.0 Å². The number of hydrogen-bond acceptors (Lipinski definition) is 8. The maximum absolute atomic E-state index is 6.40. The summed E-state index contributed by atoms with van der Waals surface area (Å²) in [5, 5.41) is 4.06. The topological polar surface area (TPSA) is 99.5 Å². The predicted octanol–water partition coefficient (Wildman–Crippen LogP) is 3.55. The van der Waals surface area contributed by atoms with Crippen LogP contribution in [-0.4, -0.2) is 46.5 Å². The molecule has 158 valence electrons. The molecule has 0 aromatic carbocycles. The average molecular weight is 402 g/mol. The Kier molecular flexibility index (Phi) is 6.18. The molecule has 2 aromatic rings. The summed E-state index contributed by atoms with van der Waals surface area (Å²) in [4.78, 5) is 10.7. The normalized spacial score (nSPS) is 23.5. The summed E-state index contributed by atoms with van der Waals surface area (Å²) < 4.78 is 17.9. The Morgan fingerprint density at radius 1 is 1.07 bits per heavy atom. The fourth-order valence-corrected chi connectivity index (χ4v) is 4.01. The number of hydrogen-bond donors (Lipinski definition) is 1. The van der Waals surface area contributed by atoms with E-state index in [9.17, 15) is 0 Å². The van der Waals surface area contributed by atoms with Gasteiger partial charge >= 0.3 is 6.01 Å². The maximum atomic E-state index is 6.40. The third-order valence-electron chi connectivity index (χ3n) is 5.77. The minimum absolute atomic E-state index is 0.203. The SMILES string of the molecule is CC(C)c1noc(N2CCC(OC3CCC(Oc4ccncc4N)CC3)CC2)n1. The van der Waals surface area contributed by atoms with Gasteiger partial charge in [0.2, 0.25) is 0 Å². The van der Waals surface area contributed by atoms with E-state index >= 15 is 0 Å². The number of ether oxygens (including phenoxy) is 2. The molecule has 1 aliphatic carbocycles. The molecular weight excluding hydrogens is 370 g/mol. The standard InChI is InChI=1S/C21H31N5O3/c1-14(2)20-24-21(29-25-20)26-11-8-17(9-12-26)27-15-3-5-16(6-4-15)28-19-7-10-23-13-18(19)22/h7,10,13-17H,3-6,8-9,11-12,22H2,1-2H3. The van der Waals surface area contributed by atoms with Gasteiger partial charge < -0.3 is 24.6 Å². The number of nitrogen functional groups attached to an aromatic ring is 1. The largest absolute Gasteiger partial charge is 0.488 e. The Morgan fingerprint density at radius 2 is 1.76 bits per heavy atom. The smallest absolute Gasteiger partial charge is 0.324 e. The highest BCUT2D eigenvalue weighted by Gasteiger charge is 2.29. The van der Waals surface area contributed by atoms with Gasteiger partial charge in [-0.2, -0.15) is 4.98 Å². The Bertz CT molecular complexity index is 780. The Balaban J connectivity index is 1.19. The maximum Gasteiger partial charge on any atom is 0.324 e. The van der Waals surface area contributed by atoms with Crippen LogP contribution in [0, 0.1) is 0 Å². The number of rotatable bonds is 6. The van der Waals surface area contributed by atoms with Gasteiger partial charge in [-0.25, -0.2) is 0 Å². The van der Waals surface area contributed by atoms with Crippen molar-refractivity contribution < 1.29 is 14.0 Å². The average Bonchev–Trinajstić information content (AvgIpc) is 3.22. The zero-order chi connectivity index (χ0) is 20.2. The monoisotopic (exact) mass is 401 g/mol. The first-order chi connectivity index (χ1) is 14.1. The van der Waals surface area contributed by atoms with Crippen LogP contribution in [0.5, 0.6) is 5.75 Å². The highest BCUT2D eigenvalue weighted by molar-refractivity contribution is 5.49. The summed E-state index contributed by atoms with van der Waals surface area (Å²) >= 11 is 0. The molecule has 1 saturated carbocycles. The van der Waals surface area contributed by atoms with E-state index < -0.39 is 0 Å². The van der Waals surface area contributed by atoms with Crippen molar-refractivity contribution in [3.05, 3.63) is 24.3 Å². The van der Waals surface area contributed by atoms with Crippen molar-refractivity contribution >= 4 is 11.7 Å². The lowest BCUT2D eigenvalue weighted by Crippen LogP contribution is -2.39. The van der Waals surface area contributed by atoms with E-state index in [1.807, 2.05) is 6.07 Å². The third kappa shape index (κ3) is 4.98. The molecule has 0 spiro atoms.